The number of hydrogen-bond donors (Lipinski definition) is 0. The van der Waals surface area contributed by atoms with Crippen molar-refractivity contribution in [3.05, 3.63) is 29.8 Å². The van der Waals surface area contributed by atoms with Gasteiger partial charge in [0.15, 0.2) is 5.78 Å². The average Bonchev–Trinajstić information content (AvgIpc) is 2.58. The van der Waals surface area contributed by atoms with Crippen molar-refractivity contribution in [1.29, 1.82) is 0 Å². The van der Waals surface area contributed by atoms with Crippen molar-refractivity contribution in [2.75, 3.05) is 43.3 Å². The van der Waals surface area contributed by atoms with Crippen molar-refractivity contribution in [3.63, 3.8) is 0 Å². The molecule has 1 heterocycles. The number of carbonyl (C=O) groups is 3. The van der Waals surface area contributed by atoms with Gasteiger partial charge in [0.1, 0.15) is 6.54 Å². The summed E-state index contributed by atoms with van der Waals surface area (Å²) in [6, 6.07) is 6.09. The number of rotatable bonds is 5. The van der Waals surface area contributed by atoms with E-state index in [1.54, 1.807) is 9.80 Å². The SMILES string of the molecule is CC(=O)c1ccc(N(CC(=O)N2CCN(C(C)=O)CC2)S(C)(=O)=O)cc1. The van der Waals surface area contributed by atoms with Gasteiger partial charge in [-0.3, -0.25) is 18.7 Å². The van der Waals surface area contributed by atoms with Gasteiger partial charge in [-0.1, -0.05) is 0 Å². The predicted octanol–water partition coefficient (Wildman–Crippen LogP) is 0.346. The van der Waals surface area contributed by atoms with E-state index >= 15 is 0 Å². The summed E-state index contributed by atoms with van der Waals surface area (Å²) in [5.41, 5.74) is 0.794. The third-order valence-electron chi connectivity index (χ3n) is 4.32. The molecular formula is C17H23N3O5S. The van der Waals surface area contributed by atoms with E-state index in [1.807, 2.05) is 0 Å². The van der Waals surface area contributed by atoms with Crippen molar-refractivity contribution in [1.82, 2.24) is 9.80 Å². The van der Waals surface area contributed by atoms with E-state index in [4.69, 9.17) is 0 Å². The fourth-order valence-corrected chi connectivity index (χ4v) is 3.61. The number of Topliss-reactive ketones (excluding diaryl/α,β-unsaturated/α-hetero) is 1. The van der Waals surface area contributed by atoms with Gasteiger partial charge in [0.05, 0.1) is 11.9 Å². The summed E-state index contributed by atoms with van der Waals surface area (Å²) in [4.78, 5) is 38.5. The van der Waals surface area contributed by atoms with E-state index in [2.05, 4.69) is 0 Å². The van der Waals surface area contributed by atoms with Crippen LogP contribution >= 0.6 is 0 Å². The molecule has 2 rings (SSSR count). The highest BCUT2D eigenvalue weighted by Crippen LogP contribution is 2.19. The third kappa shape index (κ3) is 4.81. The lowest BCUT2D eigenvalue weighted by atomic mass is 10.1. The first-order chi connectivity index (χ1) is 12.1. The number of carbonyl (C=O) groups excluding carboxylic acids is 3. The summed E-state index contributed by atoms with van der Waals surface area (Å²) >= 11 is 0. The standard InChI is InChI=1S/C17H23N3O5S/c1-13(21)15-4-6-16(7-5-15)20(26(3,24)25)12-17(23)19-10-8-18(9-11-19)14(2)22/h4-7H,8-12H2,1-3H3. The molecule has 1 aromatic rings. The molecule has 1 fully saturated rings. The minimum Gasteiger partial charge on any atom is -0.339 e. The highest BCUT2D eigenvalue weighted by atomic mass is 32.2. The first-order valence-electron chi connectivity index (χ1n) is 8.21. The van der Waals surface area contributed by atoms with Crippen LogP contribution < -0.4 is 4.31 Å². The summed E-state index contributed by atoms with van der Waals surface area (Å²) in [6.07, 6.45) is 1.03. The van der Waals surface area contributed by atoms with Crippen LogP contribution in [-0.4, -0.2) is 74.8 Å². The second kappa shape index (κ2) is 7.86. The van der Waals surface area contributed by atoms with Gasteiger partial charge in [0.2, 0.25) is 21.8 Å². The molecule has 0 saturated carbocycles. The van der Waals surface area contributed by atoms with Crippen molar-refractivity contribution < 1.29 is 22.8 Å². The Bertz CT molecular complexity index is 796. The Morgan fingerprint density at radius 3 is 1.88 bits per heavy atom. The van der Waals surface area contributed by atoms with Crippen LogP contribution in [0.5, 0.6) is 0 Å². The molecule has 0 radical (unpaired) electrons. The van der Waals surface area contributed by atoms with E-state index in [-0.39, 0.29) is 24.1 Å². The van der Waals surface area contributed by atoms with Crippen molar-refractivity contribution in [2.24, 2.45) is 0 Å². The summed E-state index contributed by atoms with van der Waals surface area (Å²) in [5, 5.41) is 0. The number of sulfonamides is 1. The topological polar surface area (TPSA) is 95.1 Å². The van der Waals surface area contributed by atoms with Crippen LogP contribution in [0.15, 0.2) is 24.3 Å². The van der Waals surface area contributed by atoms with Gasteiger partial charge < -0.3 is 9.80 Å². The largest absolute Gasteiger partial charge is 0.339 e. The lowest BCUT2D eigenvalue weighted by Gasteiger charge is -2.35. The number of amides is 2. The second-order valence-corrected chi connectivity index (χ2v) is 8.17. The van der Waals surface area contributed by atoms with Crippen LogP contribution in [0.25, 0.3) is 0 Å². The van der Waals surface area contributed by atoms with Crippen molar-refractivity contribution in [3.8, 4) is 0 Å². The smallest absolute Gasteiger partial charge is 0.243 e. The van der Waals surface area contributed by atoms with Crippen LogP contribution in [0.2, 0.25) is 0 Å². The molecule has 0 atom stereocenters. The fraction of sp³-hybridized carbons (Fsp3) is 0.471. The molecule has 1 aliphatic rings. The van der Waals surface area contributed by atoms with E-state index in [0.29, 0.717) is 37.4 Å². The van der Waals surface area contributed by atoms with Crippen molar-refractivity contribution in [2.45, 2.75) is 13.8 Å². The number of nitrogens with zero attached hydrogens (tertiary/aromatic N) is 3. The van der Waals surface area contributed by atoms with Crippen LogP contribution in [0.1, 0.15) is 24.2 Å². The Kier molecular flexibility index (Phi) is 6.01. The first kappa shape index (κ1) is 19.9. The highest BCUT2D eigenvalue weighted by Gasteiger charge is 2.27. The van der Waals surface area contributed by atoms with Gasteiger partial charge in [-0.05, 0) is 31.2 Å². The average molecular weight is 381 g/mol. The molecule has 1 aliphatic heterocycles. The quantitative estimate of drug-likeness (QED) is 0.686. The molecule has 9 heteroatoms. The van der Waals surface area contributed by atoms with E-state index < -0.39 is 10.0 Å². The zero-order valence-corrected chi connectivity index (χ0v) is 16.0. The van der Waals surface area contributed by atoms with Crippen LogP contribution in [0.4, 0.5) is 5.69 Å². The Morgan fingerprint density at radius 2 is 1.46 bits per heavy atom. The van der Waals surface area contributed by atoms with Gasteiger partial charge in [-0.2, -0.15) is 0 Å². The Balaban J connectivity index is 2.12. The molecule has 0 N–H and O–H groups in total. The molecular weight excluding hydrogens is 358 g/mol. The third-order valence-corrected chi connectivity index (χ3v) is 5.46. The summed E-state index contributed by atoms with van der Waals surface area (Å²) in [5.74, 6) is -0.489. The van der Waals surface area contributed by atoms with Gasteiger partial charge in [0, 0.05) is 38.7 Å². The molecule has 2 amide bonds. The molecule has 0 aromatic heterocycles. The van der Waals surface area contributed by atoms with Crippen LogP contribution in [-0.2, 0) is 19.6 Å². The summed E-state index contributed by atoms with van der Waals surface area (Å²) < 4.78 is 25.3. The van der Waals surface area contributed by atoms with E-state index in [9.17, 15) is 22.8 Å². The zero-order valence-electron chi connectivity index (χ0n) is 15.1. The second-order valence-electron chi connectivity index (χ2n) is 6.26. The van der Waals surface area contributed by atoms with Gasteiger partial charge in [-0.15, -0.1) is 0 Å². The van der Waals surface area contributed by atoms with E-state index in [0.717, 1.165) is 10.6 Å². The number of benzene rings is 1. The van der Waals surface area contributed by atoms with E-state index in [1.165, 1.54) is 38.1 Å². The normalized spacial score (nSPS) is 14.9. The number of piperazine rings is 1. The Morgan fingerprint density at radius 1 is 0.962 bits per heavy atom. The van der Waals surface area contributed by atoms with Crippen LogP contribution in [0, 0.1) is 0 Å². The Labute approximate surface area is 153 Å². The lowest BCUT2D eigenvalue weighted by Crippen LogP contribution is -2.52. The Hall–Kier alpha value is -2.42. The molecule has 0 aliphatic carbocycles. The van der Waals surface area contributed by atoms with Gasteiger partial charge in [0.25, 0.3) is 0 Å². The molecule has 142 valence electrons. The molecule has 0 spiro atoms. The first-order valence-corrected chi connectivity index (χ1v) is 10.1. The molecule has 1 aromatic carbocycles. The molecule has 0 bridgehead atoms. The number of ketones is 1. The van der Waals surface area contributed by atoms with Gasteiger partial charge in [-0.25, -0.2) is 8.42 Å². The van der Waals surface area contributed by atoms with Crippen LogP contribution in [0.3, 0.4) is 0 Å². The molecule has 26 heavy (non-hydrogen) atoms. The van der Waals surface area contributed by atoms with Crippen molar-refractivity contribution >= 4 is 33.3 Å². The fourth-order valence-electron chi connectivity index (χ4n) is 2.76. The maximum Gasteiger partial charge on any atom is 0.243 e. The maximum absolute atomic E-state index is 12.5. The molecule has 8 nitrogen and oxygen atoms in total. The lowest BCUT2D eigenvalue weighted by molar-refractivity contribution is -0.137. The molecule has 0 unspecified atom stereocenters. The summed E-state index contributed by atoms with van der Waals surface area (Å²) in [6.45, 7) is 4.21. The number of hydrogen-bond acceptors (Lipinski definition) is 5. The predicted molar refractivity (Wildman–Crippen MR) is 97.5 cm³/mol. The monoisotopic (exact) mass is 381 g/mol. The maximum atomic E-state index is 12.5. The highest BCUT2D eigenvalue weighted by molar-refractivity contribution is 7.92. The minimum absolute atomic E-state index is 0.0413. The number of anilines is 1. The molecule has 1 saturated heterocycles. The van der Waals surface area contributed by atoms with Gasteiger partial charge >= 0.3 is 0 Å². The minimum atomic E-state index is -3.67. The summed E-state index contributed by atoms with van der Waals surface area (Å²) in [7, 11) is -3.67. The zero-order chi connectivity index (χ0) is 19.5.